The quantitative estimate of drug-likeness (QED) is 0.389. The SMILES string of the molecule is O=C(COC(=O)[C@@H]1C[C@@H]2C=C[C@H]1C2)Nc1ccc([N+](=O)[O-])cc1. The van der Waals surface area contributed by atoms with E-state index in [1.54, 1.807) is 0 Å². The number of hydrogen-bond acceptors (Lipinski definition) is 5. The Morgan fingerprint density at radius 2 is 1.96 bits per heavy atom. The molecule has 0 aliphatic heterocycles. The first-order valence-electron chi connectivity index (χ1n) is 7.42. The summed E-state index contributed by atoms with van der Waals surface area (Å²) in [7, 11) is 0. The average molecular weight is 316 g/mol. The lowest BCUT2D eigenvalue weighted by molar-refractivity contribution is -0.384. The maximum atomic E-state index is 12.0. The van der Waals surface area contributed by atoms with Crippen molar-refractivity contribution in [1.29, 1.82) is 0 Å². The zero-order valence-corrected chi connectivity index (χ0v) is 12.3. The van der Waals surface area contributed by atoms with Gasteiger partial charge in [0.2, 0.25) is 0 Å². The van der Waals surface area contributed by atoms with Crippen molar-refractivity contribution in [2.45, 2.75) is 12.8 Å². The molecule has 0 heterocycles. The molecule has 23 heavy (non-hydrogen) atoms. The van der Waals surface area contributed by atoms with Crippen LogP contribution in [0.3, 0.4) is 0 Å². The van der Waals surface area contributed by atoms with Crippen molar-refractivity contribution in [1.82, 2.24) is 0 Å². The van der Waals surface area contributed by atoms with Gasteiger partial charge in [-0.05, 0) is 36.8 Å². The van der Waals surface area contributed by atoms with Crippen molar-refractivity contribution in [2.75, 3.05) is 11.9 Å². The van der Waals surface area contributed by atoms with Crippen molar-refractivity contribution < 1.29 is 19.2 Å². The van der Waals surface area contributed by atoms with Crippen molar-refractivity contribution in [3.63, 3.8) is 0 Å². The minimum absolute atomic E-state index is 0.0567. The number of fused-ring (bicyclic) bond motifs is 2. The number of benzene rings is 1. The van der Waals surface area contributed by atoms with Crippen LogP contribution in [0.4, 0.5) is 11.4 Å². The van der Waals surface area contributed by atoms with Crippen LogP contribution in [0.25, 0.3) is 0 Å². The zero-order valence-electron chi connectivity index (χ0n) is 12.3. The van der Waals surface area contributed by atoms with E-state index in [1.807, 2.05) is 0 Å². The highest BCUT2D eigenvalue weighted by molar-refractivity contribution is 5.93. The Morgan fingerprint density at radius 1 is 1.22 bits per heavy atom. The van der Waals surface area contributed by atoms with Crippen LogP contribution in [0.15, 0.2) is 36.4 Å². The van der Waals surface area contributed by atoms with Crippen molar-refractivity contribution in [3.05, 3.63) is 46.5 Å². The number of esters is 1. The summed E-state index contributed by atoms with van der Waals surface area (Å²) in [4.78, 5) is 33.8. The predicted molar refractivity (Wildman–Crippen MR) is 81.5 cm³/mol. The summed E-state index contributed by atoms with van der Waals surface area (Å²) in [5.41, 5.74) is 0.360. The van der Waals surface area contributed by atoms with E-state index in [2.05, 4.69) is 17.5 Å². The number of carbonyl (C=O) groups is 2. The van der Waals surface area contributed by atoms with Gasteiger partial charge in [0.05, 0.1) is 10.8 Å². The molecule has 0 aromatic heterocycles. The van der Waals surface area contributed by atoms with E-state index in [4.69, 9.17) is 4.74 Å². The van der Waals surface area contributed by atoms with Gasteiger partial charge in [-0.15, -0.1) is 0 Å². The normalized spacial score (nSPS) is 24.4. The molecule has 3 atom stereocenters. The standard InChI is InChI=1S/C16H16N2O5/c19-15(17-12-3-5-13(6-4-12)18(21)22)9-23-16(20)14-8-10-1-2-11(14)7-10/h1-6,10-11,14H,7-9H2,(H,17,19)/t10-,11+,14-/m1/s1. The molecular formula is C16H16N2O5. The third kappa shape index (κ3) is 3.39. The van der Waals surface area contributed by atoms with Gasteiger partial charge in [-0.3, -0.25) is 19.7 Å². The van der Waals surface area contributed by atoms with Crippen LogP contribution >= 0.6 is 0 Å². The van der Waals surface area contributed by atoms with Crippen LogP contribution in [0, 0.1) is 27.9 Å². The van der Waals surface area contributed by atoms with Crippen LogP contribution in [-0.2, 0) is 14.3 Å². The number of amides is 1. The third-order valence-electron chi connectivity index (χ3n) is 4.29. The topological polar surface area (TPSA) is 98.5 Å². The summed E-state index contributed by atoms with van der Waals surface area (Å²) < 4.78 is 5.08. The van der Waals surface area contributed by atoms with E-state index in [0.29, 0.717) is 11.6 Å². The fraction of sp³-hybridized carbons (Fsp3) is 0.375. The molecule has 0 spiro atoms. The van der Waals surface area contributed by atoms with Crippen molar-refractivity contribution in [2.24, 2.45) is 17.8 Å². The molecule has 1 N–H and O–H groups in total. The second-order valence-electron chi connectivity index (χ2n) is 5.85. The third-order valence-corrected chi connectivity index (χ3v) is 4.29. The van der Waals surface area contributed by atoms with E-state index in [1.165, 1.54) is 24.3 Å². The Morgan fingerprint density at radius 3 is 2.52 bits per heavy atom. The number of allylic oxidation sites excluding steroid dienone is 2. The largest absolute Gasteiger partial charge is 0.455 e. The molecule has 7 heteroatoms. The Kier molecular flexibility index (Phi) is 4.10. The number of nitrogens with zero attached hydrogens (tertiary/aromatic N) is 1. The van der Waals surface area contributed by atoms with Gasteiger partial charge in [0, 0.05) is 17.8 Å². The second kappa shape index (κ2) is 6.20. The fourth-order valence-corrected chi connectivity index (χ4v) is 3.16. The highest BCUT2D eigenvalue weighted by atomic mass is 16.6. The summed E-state index contributed by atoms with van der Waals surface area (Å²) in [6.07, 6.45) is 5.98. The number of nitro benzene ring substituents is 1. The van der Waals surface area contributed by atoms with Crippen LogP contribution in [0.2, 0.25) is 0 Å². The summed E-state index contributed by atoms with van der Waals surface area (Å²) in [5.74, 6) is -0.236. The van der Waals surface area contributed by atoms with Gasteiger partial charge in [0.25, 0.3) is 11.6 Å². The van der Waals surface area contributed by atoms with Gasteiger partial charge in [0.15, 0.2) is 6.61 Å². The molecular weight excluding hydrogens is 300 g/mol. The highest BCUT2D eigenvalue weighted by Gasteiger charge is 2.40. The molecule has 120 valence electrons. The number of nitro groups is 1. The number of rotatable bonds is 5. The minimum atomic E-state index is -0.517. The second-order valence-corrected chi connectivity index (χ2v) is 5.85. The molecule has 1 saturated carbocycles. The molecule has 1 amide bonds. The predicted octanol–water partition coefficient (Wildman–Crippen LogP) is 2.29. The summed E-state index contributed by atoms with van der Waals surface area (Å²) >= 11 is 0. The van der Waals surface area contributed by atoms with Gasteiger partial charge in [0.1, 0.15) is 0 Å². The molecule has 2 aliphatic carbocycles. The lowest BCUT2D eigenvalue weighted by atomic mass is 9.94. The first kappa shape index (κ1) is 15.2. The molecule has 7 nitrogen and oxygen atoms in total. The van der Waals surface area contributed by atoms with E-state index >= 15 is 0 Å². The number of carbonyl (C=O) groups excluding carboxylic acids is 2. The Hall–Kier alpha value is -2.70. The molecule has 0 saturated heterocycles. The van der Waals surface area contributed by atoms with E-state index in [9.17, 15) is 19.7 Å². The van der Waals surface area contributed by atoms with Gasteiger partial charge in [-0.1, -0.05) is 12.2 Å². The smallest absolute Gasteiger partial charge is 0.310 e. The monoisotopic (exact) mass is 316 g/mol. The van der Waals surface area contributed by atoms with Crippen LogP contribution in [0.1, 0.15) is 12.8 Å². The maximum absolute atomic E-state index is 12.0. The zero-order chi connectivity index (χ0) is 16.4. The number of hydrogen-bond donors (Lipinski definition) is 1. The average Bonchev–Trinajstić information content (AvgIpc) is 3.16. The van der Waals surface area contributed by atoms with E-state index in [0.717, 1.165) is 12.8 Å². The number of nitrogens with one attached hydrogen (secondary N) is 1. The van der Waals surface area contributed by atoms with E-state index in [-0.39, 0.29) is 30.1 Å². The summed E-state index contributed by atoms with van der Waals surface area (Å²) in [6.45, 7) is -0.354. The van der Waals surface area contributed by atoms with Crippen LogP contribution in [0.5, 0.6) is 0 Å². The van der Waals surface area contributed by atoms with Gasteiger partial charge in [-0.25, -0.2) is 0 Å². The molecule has 2 bridgehead atoms. The molecule has 1 aromatic carbocycles. The number of non-ortho nitro benzene ring substituents is 1. The lowest BCUT2D eigenvalue weighted by Gasteiger charge is -2.16. The molecule has 1 aromatic rings. The van der Waals surface area contributed by atoms with Gasteiger partial charge in [-0.2, -0.15) is 0 Å². The lowest BCUT2D eigenvalue weighted by Crippen LogP contribution is -2.26. The Labute approximate surface area is 132 Å². The maximum Gasteiger partial charge on any atom is 0.310 e. The first-order valence-corrected chi connectivity index (χ1v) is 7.42. The van der Waals surface area contributed by atoms with Gasteiger partial charge < -0.3 is 10.1 Å². The van der Waals surface area contributed by atoms with E-state index < -0.39 is 10.8 Å². The summed E-state index contributed by atoms with van der Waals surface area (Å²) in [6, 6.07) is 5.45. The Balaban J connectivity index is 1.47. The van der Waals surface area contributed by atoms with Crippen LogP contribution in [-0.4, -0.2) is 23.4 Å². The summed E-state index contributed by atoms with van der Waals surface area (Å²) in [5, 5.41) is 13.1. The fourth-order valence-electron chi connectivity index (χ4n) is 3.16. The van der Waals surface area contributed by atoms with Crippen LogP contribution < -0.4 is 5.32 Å². The number of ether oxygens (including phenoxy) is 1. The Bertz CT molecular complexity index is 668. The molecule has 3 rings (SSSR count). The van der Waals surface area contributed by atoms with Gasteiger partial charge >= 0.3 is 5.97 Å². The molecule has 2 aliphatic rings. The molecule has 0 radical (unpaired) electrons. The highest BCUT2D eigenvalue weighted by Crippen LogP contribution is 2.43. The van der Waals surface area contributed by atoms with Crippen molar-refractivity contribution >= 4 is 23.3 Å². The van der Waals surface area contributed by atoms with Crippen molar-refractivity contribution in [3.8, 4) is 0 Å². The minimum Gasteiger partial charge on any atom is -0.455 e. The number of anilines is 1. The molecule has 0 unspecified atom stereocenters. The molecule has 1 fully saturated rings. The first-order chi connectivity index (χ1) is 11.0.